The summed E-state index contributed by atoms with van der Waals surface area (Å²) in [5, 5.41) is 0.367. The van der Waals surface area contributed by atoms with E-state index in [-0.39, 0.29) is 16.6 Å². The SMILES string of the molecule is CN(C)C1CCN(S(=O)(=O)c2ccc(Cl)c(N)c2)C1. The number of sulfonamides is 1. The van der Waals surface area contributed by atoms with Gasteiger partial charge in [-0.3, -0.25) is 0 Å². The van der Waals surface area contributed by atoms with E-state index in [2.05, 4.69) is 0 Å². The first-order valence-corrected chi connectivity index (χ1v) is 7.86. The van der Waals surface area contributed by atoms with Crippen LogP contribution < -0.4 is 5.73 Å². The van der Waals surface area contributed by atoms with Gasteiger partial charge in [0, 0.05) is 19.1 Å². The standard InChI is InChI=1S/C12H18ClN3O2S/c1-15(2)9-5-6-16(8-9)19(17,18)10-3-4-11(13)12(14)7-10/h3-4,7,9H,5-6,8,14H2,1-2H3. The Labute approximate surface area is 119 Å². The van der Waals surface area contributed by atoms with E-state index in [1.807, 2.05) is 19.0 Å². The molecule has 0 spiro atoms. The molecule has 1 aromatic carbocycles. The highest BCUT2D eigenvalue weighted by Gasteiger charge is 2.33. The topological polar surface area (TPSA) is 66.6 Å². The van der Waals surface area contributed by atoms with Gasteiger partial charge in [0.15, 0.2) is 0 Å². The quantitative estimate of drug-likeness (QED) is 0.853. The second-order valence-corrected chi connectivity index (χ2v) is 7.30. The first kappa shape index (κ1) is 14.6. The summed E-state index contributed by atoms with van der Waals surface area (Å²) in [7, 11) is 0.442. The van der Waals surface area contributed by atoms with E-state index >= 15 is 0 Å². The molecule has 1 saturated heterocycles. The minimum Gasteiger partial charge on any atom is -0.397 e. The molecule has 0 aliphatic carbocycles. The van der Waals surface area contributed by atoms with E-state index in [0.717, 1.165) is 6.42 Å². The van der Waals surface area contributed by atoms with Crippen LogP contribution in [0.4, 0.5) is 5.69 Å². The second kappa shape index (κ2) is 5.28. The Bertz CT molecular complexity index is 574. The van der Waals surface area contributed by atoms with E-state index in [1.54, 1.807) is 0 Å². The molecule has 0 bridgehead atoms. The number of halogens is 1. The third-order valence-electron chi connectivity index (χ3n) is 3.46. The molecule has 0 radical (unpaired) electrons. The van der Waals surface area contributed by atoms with Crippen LogP contribution in [0.15, 0.2) is 23.1 Å². The van der Waals surface area contributed by atoms with Crippen molar-refractivity contribution in [2.45, 2.75) is 17.4 Å². The maximum absolute atomic E-state index is 12.5. The summed E-state index contributed by atoms with van der Waals surface area (Å²) < 4.78 is 26.5. The first-order chi connectivity index (χ1) is 8.82. The molecule has 2 rings (SSSR count). The summed E-state index contributed by atoms with van der Waals surface area (Å²) in [5.74, 6) is 0. The number of hydrogen-bond donors (Lipinski definition) is 1. The third kappa shape index (κ3) is 2.86. The predicted molar refractivity (Wildman–Crippen MR) is 76.7 cm³/mol. The fourth-order valence-electron chi connectivity index (χ4n) is 2.18. The van der Waals surface area contributed by atoms with Gasteiger partial charge in [-0.1, -0.05) is 11.6 Å². The monoisotopic (exact) mass is 303 g/mol. The van der Waals surface area contributed by atoms with Crippen LogP contribution in [0.3, 0.4) is 0 Å². The van der Waals surface area contributed by atoms with Gasteiger partial charge in [-0.25, -0.2) is 8.42 Å². The summed E-state index contributed by atoms with van der Waals surface area (Å²) in [6.07, 6.45) is 0.843. The fraction of sp³-hybridized carbons (Fsp3) is 0.500. The van der Waals surface area contributed by atoms with E-state index in [1.165, 1.54) is 22.5 Å². The van der Waals surface area contributed by atoms with Crippen molar-refractivity contribution in [1.29, 1.82) is 0 Å². The first-order valence-electron chi connectivity index (χ1n) is 6.04. The average Bonchev–Trinajstić information content (AvgIpc) is 2.82. The molecule has 1 fully saturated rings. The number of rotatable bonds is 3. The van der Waals surface area contributed by atoms with E-state index in [9.17, 15) is 8.42 Å². The van der Waals surface area contributed by atoms with E-state index < -0.39 is 10.0 Å². The van der Waals surface area contributed by atoms with Crippen molar-refractivity contribution >= 4 is 27.3 Å². The van der Waals surface area contributed by atoms with Gasteiger partial charge in [0.2, 0.25) is 10.0 Å². The van der Waals surface area contributed by atoms with Crippen LogP contribution in [0, 0.1) is 0 Å². The van der Waals surface area contributed by atoms with Crippen LogP contribution in [0.5, 0.6) is 0 Å². The van der Waals surface area contributed by atoms with Crippen molar-refractivity contribution in [1.82, 2.24) is 9.21 Å². The minimum atomic E-state index is -3.48. The lowest BCUT2D eigenvalue weighted by Crippen LogP contribution is -2.34. The van der Waals surface area contributed by atoms with E-state index in [4.69, 9.17) is 17.3 Å². The van der Waals surface area contributed by atoms with E-state index in [0.29, 0.717) is 18.1 Å². The Kier molecular flexibility index (Phi) is 4.06. The number of nitrogens with zero attached hydrogens (tertiary/aromatic N) is 2. The number of anilines is 1. The molecule has 1 aliphatic heterocycles. The molecule has 0 amide bonds. The number of nitrogen functional groups attached to an aromatic ring is 1. The van der Waals surface area contributed by atoms with Gasteiger partial charge in [0.25, 0.3) is 0 Å². The molecule has 1 aliphatic rings. The molecule has 5 nitrogen and oxygen atoms in total. The summed E-state index contributed by atoms with van der Waals surface area (Å²) in [6, 6.07) is 4.69. The van der Waals surface area contributed by atoms with Gasteiger partial charge in [0.1, 0.15) is 0 Å². The average molecular weight is 304 g/mol. The van der Waals surface area contributed by atoms with Gasteiger partial charge >= 0.3 is 0 Å². The molecular weight excluding hydrogens is 286 g/mol. The van der Waals surface area contributed by atoms with Crippen molar-refractivity contribution in [3.05, 3.63) is 23.2 Å². The maximum atomic E-state index is 12.5. The largest absolute Gasteiger partial charge is 0.397 e. The van der Waals surface area contributed by atoms with Crippen molar-refractivity contribution in [2.75, 3.05) is 32.9 Å². The summed E-state index contributed by atoms with van der Waals surface area (Å²) in [6.45, 7) is 1.05. The van der Waals surface area contributed by atoms with Gasteiger partial charge in [-0.2, -0.15) is 4.31 Å². The van der Waals surface area contributed by atoms with Crippen LogP contribution >= 0.6 is 11.6 Å². The van der Waals surface area contributed by atoms with Crippen molar-refractivity contribution in [2.24, 2.45) is 0 Å². The molecule has 1 aromatic rings. The lowest BCUT2D eigenvalue weighted by molar-refractivity contribution is 0.302. The molecule has 0 saturated carbocycles. The zero-order chi connectivity index (χ0) is 14.2. The Hall–Kier alpha value is -0.820. The summed E-state index contributed by atoms with van der Waals surface area (Å²) in [4.78, 5) is 2.25. The van der Waals surface area contributed by atoms with Gasteiger partial charge in [-0.05, 0) is 38.7 Å². The Morgan fingerprint density at radius 3 is 2.63 bits per heavy atom. The molecule has 7 heteroatoms. The molecule has 1 atom stereocenters. The molecule has 1 heterocycles. The lowest BCUT2D eigenvalue weighted by atomic mass is 10.2. The van der Waals surface area contributed by atoms with Gasteiger partial charge in [0.05, 0.1) is 15.6 Å². The van der Waals surface area contributed by atoms with Crippen LogP contribution in [-0.4, -0.2) is 50.8 Å². The van der Waals surface area contributed by atoms with Crippen LogP contribution in [0.1, 0.15) is 6.42 Å². The fourth-order valence-corrected chi connectivity index (χ4v) is 3.83. The second-order valence-electron chi connectivity index (χ2n) is 4.95. The van der Waals surface area contributed by atoms with Crippen molar-refractivity contribution in [3.8, 4) is 0 Å². The van der Waals surface area contributed by atoms with Crippen LogP contribution in [0.25, 0.3) is 0 Å². The van der Waals surface area contributed by atoms with Crippen molar-refractivity contribution < 1.29 is 8.42 Å². The highest BCUT2D eigenvalue weighted by Crippen LogP contribution is 2.27. The van der Waals surface area contributed by atoms with Crippen LogP contribution in [-0.2, 0) is 10.0 Å². The summed E-state index contributed by atoms with van der Waals surface area (Å²) in [5.41, 5.74) is 5.95. The normalized spacial score (nSPS) is 21.2. The molecule has 19 heavy (non-hydrogen) atoms. The summed E-state index contributed by atoms with van der Waals surface area (Å²) >= 11 is 5.82. The third-order valence-corrected chi connectivity index (χ3v) is 5.67. The molecule has 106 valence electrons. The number of nitrogens with two attached hydrogens (primary N) is 1. The molecular formula is C12H18ClN3O2S. The highest BCUT2D eigenvalue weighted by molar-refractivity contribution is 7.89. The van der Waals surface area contributed by atoms with Crippen LogP contribution in [0.2, 0.25) is 5.02 Å². The van der Waals surface area contributed by atoms with Gasteiger partial charge in [-0.15, -0.1) is 0 Å². The number of benzene rings is 1. The minimum absolute atomic E-state index is 0.203. The molecule has 1 unspecified atom stereocenters. The maximum Gasteiger partial charge on any atom is 0.243 e. The Morgan fingerprint density at radius 1 is 1.42 bits per heavy atom. The van der Waals surface area contributed by atoms with Crippen molar-refractivity contribution in [3.63, 3.8) is 0 Å². The predicted octanol–water partition coefficient (Wildman–Crippen LogP) is 1.25. The number of hydrogen-bond acceptors (Lipinski definition) is 4. The number of likely N-dealkylation sites (N-methyl/N-ethyl adjacent to an activating group) is 1. The Balaban J connectivity index is 2.26. The zero-order valence-corrected chi connectivity index (χ0v) is 12.6. The lowest BCUT2D eigenvalue weighted by Gasteiger charge is -2.20. The molecule has 2 N–H and O–H groups in total. The Morgan fingerprint density at radius 2 is 2.11 bits per heavy atom. The smallest absolute Gasteiger partial charge is 0.243 e. The zero-order valence-electron chi connectivity index (χ0n) is 11.0. The molecule has 0 aromatic heterocycles. The van der Waals surface area contributed by atoms with Gasteiger partial charge < -0.3 is 10.6 Å². The highest BCUT2D eigenvalue weighted by atomic mass is 35.5.